The zero-order valence-corrected chi connectivity index (χ0v) is 10.5. The first-order chi connectivity index (χ1) is 7.78. The molecule has 0 bridgehead atoms. The normalized spacial score (nSPS) is 19.1. The van der Waals surface area contributed by atoms with Gasteiger partial charge in [-0.2, -0.15) is 0 Å². The van der Waals surface area contributed by atoms with E-state index in [1.807, 2.05) is 5.38 Å². The fraction of sp³-hybridized carbons (Fsp3) is 0.727. The van der Waals surface area contributed by atoms with Crippen molar-refractivity contribution in [2.75, 3.05) is 39.8 Å². The lowest BCUT2D eigenvalue weighted by Gasteiger charge is -2.32. The third kappa shape index (κ3) is 3.25. The number of hydrogen-bond donors (Lipinski definition) is 1. The first-order valence-electron chi connectivity index (χ1n) is 5.73. The van der Waals surface area contributed by atoms with Crippen LogP contribution in [0.25, 0.3) is 0 Å². The largest absolute Gasteiger partial charge is 0.390 e. The molecule has 0 atom stereocenters. The van der Waals surface area contributed by atoms with Crippen molar-refractivity contribution in [3.8, 4) is 0 Å². The molecular weight excluding hydrogens is 222 g/mol. The summed E-state index contributed by atoms with van der Waals surface area (Å²) in [5.74, 6) is 0. The van der Waals surface area contributed by atoms with Crippen molar-refractivity contribution in [1.29, 1.82) is 0 Å². The van der Waals surface area contributed by atoms with Crippen LogP contribution in [0.3, 0.4) is 0 Å². The molecule has 0 saturated carbocycles. The minimum absolute atomic E-state index is 0.0605. The summed E-state index contributed by atoms with van der Waals surface area (Å²) in [5.41, 5.74) is 0.804. The summed E-state index contributed by atoms with van der Waals surface area (Å²) in [6.07, 6.45) is 1.01. The second-order valence-corrected chi connectivity index (χ2v) is 5.23. The molecule has 1 saturated heterocycles. The van der Waals surface area contributed by atoms with Crippen LogP contribution in [-0.2, 0) is 13.0 Å². The molecule has 5 heteroatoms. The van der Waals surface area contributed by atoms with Crippen LogP contribution in [0.1, 0.15) is 10.7 Å². The summed E-state index contributed by atoms with van der Waals surface area (Å²) in [6.45, 7) is 5.81. The van der Waals surface area contributed by atoms with E-state index in [0.29, 0.717) is 0 Å². The molecule has 90 valence electrons. The Morgan fingerprint density at radius 2 is 2.12 bits per heavy atom. The molecule has 1 fully saturated rings. The summed E-state index contributed by atoms with van der Waals surface area (Å²) in [7, 11) is 2.17. The second kappa shape index (κ2) is 5.72. The molecule has 1 aromatic rings. The van der Waals surface area contributed by atoms with Crippen LogP contribution in [0.2, 0.25) is 0 Å². The van der Waals surface area contributed by atoms with Gasteiger partial charge < -0.3 is 14.9 Å². The Morgan fingerprint density at radius 3 is 2.75 bits per heavy atom. The second-order valence-electron chi connectivity index (χ2n) is 4.29. The number of aliphatic hydroxyl groups is 1. The van der Waals surface area contributed by atoms with Gasteiger partial charge in [0.25, 0.3) is 0 Å². The van der Waals surface area contributed by atoms with Crippen LogP contribution in [0.4, 0.5) is 0 Å². The van der Waals surface area contributed by atoms with E-state index in [1.165, 1.54) is 13.1 Å². The molecule has 16 heavy (non-hydrogen) atoms. The number of nitrogens with zero attached hydrogens (tertiary/aromatic N) is 3. The van der Waals surface area contributed by atoms with Gasteiger partial charge in [0.2, 0.25) is 0 Å². The number of aliphatic hydroxyl groups excluding tert-OH is 1. The van der Waals surface area contributed by atoms with Gasteiger partial charge in [-0.15, -0.1) is 11.3 Å². The maximum absolute atomic E-state index is 8.93. The molecule has 1 aromatic heterocycles. The number of aromatic nitrogens is 1. The topological polar surface area (TPSA) is 39.6 Å². The molecule has 4 nitrogen and oxygen atoms in total. The SMILES string of the molecule is CN1CCN(CCc2nc(CO)cs2)CC1. The van der Waals surface area contributed by atoms with Gasteiger partial charge in [-0.05, 0) is 7.05 Å². The van der Waals surface area contributed by atoms with Crippen molar-refractivity contribution >= 4 is 11.3 Å². The first kappa shape index (κ1) is 12.0. The van der Waals surface area contributed by atoms with Gasteiger partial charge in [0.15, 0.2) is 0 Å². The van der Waals surface area contributed by atoms with Crippen molar-refractivity contribution in [2.24, 2.45) is 0 Å². The van der Waals surface area contributed by atoms with Gasteiger partial charge in [-0.1, -0.05) is 0 Å². The molecule has 2 heterocycles. The number of thiazole rings is 1. The van der Waals surface area contributed by atoms with Gasteiger partial charge in [-0.25, -0.2) is 4.98 Å². The third-order valence-corrected chi connectivity index (χ3v) is 3.96. The summed E-state index contributed by atoms with van der Waals surface area (Å²) < 4.78 is 0. The lowest BCUT2D eigenvalue weighted by atomic mass is 10.3. The molecule has 0 amide bonds. The maximum atomic E-state index is 8.93. The van der Waals surface area contributed by atoms with Crippen LogP contribution in [0, 0.1) is 0 Å². The zero-order chi connectivity index (χ0) is 11.4. The van der Waals surface area contributed by atoms with Crippen LogP contribution in [-0.4, -0.2) is 59.7 Å². The number of likely N-dealkylation sites (N-methyl/N-ethyl adjacent to an activating group) is 1. The molecule has 0 spiro atoms. The Bertz CT molecular complexity index is 321. The van der Waals surface area contributed by atoms with Crippen LogP contribution < -0.4 is 0 Å². The molecule has 0 aliphatic carbocycles. The Balaban J connectivity index is 1.74. The lowest BCUT2D eigenvalue weighted by Crippen LogP contribution is -2.45. The fourth-order valence-corrected chi connectivity index (χ4v) is 2.64. The van der Waals surface area contributed by atoms with Gasteiger partial charge in [0.05, 0.1) is 17.3 Å². The quantitative estimate of drug-likeness (QED) is 0.829. The third-order valence-electron chi connectivity index (χ3n) is 3.00. The predicted octanol–water partition coefficient (Wildman–Crippen LogP) is 0.425. The Kier molecular flexibility index (Phi) is 4.29. The van der Waals surface area contributed by atoms with E-state index < -0.39 is 0 Å². The van der Waals surface area contributed by atoms with Gasteiger partial charge in [0, 0.05) is 44.5 Å². The highest BCUT2D eigenvalue weighted by Gasteiger charge is 2.13. The minimum atomic E-state index is 0.0605. The van der Waals surface area contributed by atoms with E-state index in [2.05, 4.69) is 21.8 Å². The Hall–Kier alpha value is -0.490. The molecule has 0 radical (unpaired) electrons. The number of hydrogen-bond acceptors (Lipinski definition) is 5. The number of rotatable bonds is 4. The van der Waals surface area contributed by atoms with Crippen LogP contribution in [0.15, 0.2) is 5.38 Å². The van der Waals surface area contributed by atoms with Crippen molar-refractivity contribution in [3.05, 3.63) is 16.1 Å². The highest BCUT2D eigenvalue weighted by molar-refractivity contribution is 7.09. The maximum Gasteiger partial charge on any atom is 0.0942 e. The zero-order valence-electron chi connectivity index (χ0n) is 9.72. The average Bonchev–Trinajstić information content (AvgIpc) is 2.76. The fourth-order valence-electron chi connectivity index (χ4n) is 1.86. The molecule has 0 aromatic carbocycles. The van der Waals surface area contributed by atoms with Gasteiger partial charge >= 0.3 is 0 Å². The van der Waals surface area contributed by atoms with Crippen molar-refractivity contribution in [1.82, 2.24) is 14.8 Å². The highest BCUT2D eigenvalue weighted by Crippen LogP contribution is 2.11. The monoisotopic (exact) mass is 241 g/mol. The van der Waals surface area contributed by atoms with Crippen molar-refractivity contribution < 1.29 is 5.11 Å². The smallest absolute Gasteiger partial charge is 0.0942 e. The lowest BCUT2D eigenvalue weighted by molar-refractivity contribution is 0.155. The Labute approximate surface area is 101 Å². The van der Waals surface area contributed by atoms with Gasteiger partial charge in [-0.3, -0.25) is 0 Å². The summed E-state index contributed by atoms with van der Waals surface area (Å²) in [5, 5.41) is 12.0. The molecule has 1 N–H and O–H groups in total. The molecule has 2 rings (SSSR count). The minimum Gasteiger partial charge on any atom is -0.390 e. The van der Waals surface area contributed by atoms with Gasteiger partial charge in [0.1, 0.15) is 0 Å². The van der Waals surface area contributed by atoms with Crippen LogP contribution in [0.5, 0.6) is 0 Å². The summed E-state index contributed by atoms with van der Waals surface area (Å²) in [6, 6.07) is 0. The molecule has 1 aliphatic rings. The van der Waals surface area contributed by atoms with E-state index >= 15 is 0 Å². The van der Waals surface area contributed by atoms with E-state index in [4.69, 9.17) is 5.11 Å². The standard InChI is InChI=1S/C11H19N3OS/c1-13-4-6-14(7-5-13)3-2-11-12-10(8-15)9-16-11/h9,15H,2-8H2,1H3. The van der Waals surface area contributed by atoms with Crippen molar-refractivity contribution in [3.63, 3.8) is 0 Å². The van der Waals surface area contributed by atoms with E-state index in [1.54, 1.807) is 11.3 Å². The predicted molar refractivity (Wildman–Crippen MR) is 65.7 cm³/mol. The van der Waals surface area contributed by atoms with E-state index in [9.17, 15) is 0 Å². The Morgan fingerprint density at radius 1 is 1.38 bits per heavy atom. The first-order valence-corrected chi connectivity index (χ1v) is 6.61. The van der Waals surface area contributed by atoms with Crippen LogP contribution >= 0.6 is 11.3 Å². The summed E-state index contributed by atoms with van der Waals surface area (Å²) in [4.78, 5) is 9.21. The van der Waals surface area contributed by atoms with E-state index in [-0.39, 0.29) is 6.61 Å². The summed E-state index contributed by atoms with van der Waals surface area (Å²) >= 11 is 1.66. The molecule has 1 aliphatic heterocycles. The number of piperazine rings is 1. The van der Waals surface area contributed by atoms with E-state index in [0.717, 1.165) is 36.8 Å². The molecular formula is C11H19N3OS. The average molecular weight is 241 g/mol. The molecule has 0 unspecified atom stereocenters. The highest BCUT2D eigenvalue weighted by atomic mass is 32.1. The van der Waals surface area contributed by atoms with Crippen molar-refractivity contribution in [2.45, 2.75) is 13.0 Å².